The molecule has 0 aliphatic heterocycles. The topological polar surface area (TPSA) is 12.0 Å². The normalized spacial score (nSPS) is 24.2. The molecule has 1 fully saturated rings. The molecule has 1 aliphatic carbocycles. The maximum absolute atomic E-state index is 3.61. The molecule has 2 rings (SSSR count). The van der Waals surface area contributed by atoms with Crippen LogP contribution in [0.2, 0.25) is 0 Å². The molecule has 1 aromatic rings. The Labute approximate surface area is 112 Å². The Balaban J connectivity index is 1.90. The second-order valence-electron chi connectivity index (χ2n) is 6.03. The predicted octanol–water partition coefficient (Wildman–Crippen LogP) is 4.06. The summed E-state index contributed by atoms with van der Waals surface area (Å²) in [7, 11) is 0. The van der Waals surface area contributed by atoms with Gasteiger partial charge in [0.1, 0.15) is 0 Å². The lowest BCUT2D eigenvalue weighted by molar-refractivity contribution is 0.318. The number of nitrogens with one attached hydrogen (secondary N) is 1. The number of hydrogen-bond donors (Lipinski definition) is 1. The molecule has 0 bridgehead atoms. The van der Waals surface area contributed by atoms with Gasteiger partial charge in [0, 0.05) is 0 Å². The number of benzene rings is 1. The van der Waals surface area contributed by atoms with Crippen LogP contribution in [0, 0.1) is 17.8 Å². The monoisotopic (exact) mass is 245 g/mol. The first-order chi connectivity index (χ1) is 8.74. The van der Waals surface area contributed by atoms with Gasteiger partial charge in [-0.3, -0.25) is 0 Å². The summed E-state index contributed by atoms with van der Waals surface area (Å²) in [5, 5.41) is 3.61. The Morgan fingerprint density at radius 2 is 1.94 bits per heavy atom. The Hall–Kier alpha value is -0.820. The van der Waals surface area contributed by atoms with Crippen molar-refractivity contribution in [2.24, 2.45) is 17.8 Å². The Morgan fingerprint density at radius 1 is 1.22 bits per heavy atom. The minimum absolute atomic E-state index is 0.785. The fourth-order valence-electron chi connectivity index (χ4n) is 3.10. The Morgan fingerprint density at radius 3 is 2.56 bits per heavy atom. The summed E-state index contributed by atoms with van der Waals surface area (Å²) in [6.45, 7) is 9.34. The van der Waals surface area contributed by atoms with E-state index in [1.54, 1.807) is 5.56 Å². The van der Waals surface area contributed by atoms with E-state index in [-0.39, 0.29) is 0 Å². The summed E-state index contributed by atoms with van der Waals surface area (Å²) in [5.74, 6) is 3.34. The summed E-state index contributed by atoms with van der Waals surface area (Å²) >= 11 is 0. The van der Waals surface area contributed by atoms with E-state index in [2.05, 4.69) is 56.4 Å². The molecule has 0 amide bonds. The molecule has 3 unspecified atom stereocenters. The molecule has 1 N–H and O–H groups in total. The maximum atomic E-state index is 3.61. The third-order valence-corrected chi connectivity index (χ3v) is 4.28. The third-order valence-electron chi connectivity index (χ3n) is 4.28. The van der Waals surface area contributed by atoms with E-state index in [9.17, 15) is 0 Å². The highest BCUT2D eigenvalue weighted by Gasteiger charge is 2.44. The van der Waals surface area contributed by atoms with Crippen LogP contribution in [0.15, 0.2) is 30.3 Å². The van der Waals surface area contributed by atoms with Crippen LogP contribution in [-0.4, -0.2) is 13.1 Å². The van der Waals surface area contributed by atoms with Crippen LogP contribution in [0.3, 0.4) is 0 Å². The molecule has 100 valence electrons. The standard InChI is InChI=1S/C17H27N/c1-4-10-18-12-17(13(2)3)16-11-15(16)14-8-6-5-7-9-14/h5-9,13,15-18H,4,10-12H2,1-3H3. The van der Waals surface area contributed by atoms with Gasteiger partial charge < -0.3 is 5.32 Å². The van der Waals surface area contributed by atoms with Crippen LogP contribution in [0.25, 0.3) is 0 Å². The molecule has 0 saturated heterocycles. The lowest BCUT2D eigenvalue weighted by Crippen LogP contribution is -2.28. The van der Waals surface area contributed by atoms with Gasteiger partial charge in [-0.2, -0.15) is 0 Å². The van der Waals surface area contributed by atoms with Crippen LogP contribution >= 0.6 is 0 Å². The Bertz CT molecular complexity index is 344. The van der Waals surface area contributed by atoms with Gasteiger partial charge in [-0.25, -0.2) is 0 Å². The summed E-state index contributed by atoms with van der Waals surface area (Å²) in [4.78, 5) is 0. The zero-order valence-corrected chi connectivity index (χ0v) is 12.0. The molecule has 1 aliphatic rings. The second kappa shape index (κ2) is 6.38. The highest BCUT2D eigenvalue weighted by atomic mass is 14.9. The fourth-order valence-corrected chi connectivity index (χ4v) is 3.10. The molecular formula is C17H27N. The molecule has 1 heteroatoms. The highest BCUT2D eigenvalue weighted by Crippen LogP contribution is 2.53. The van der Waals surface area contributed by atoms with E-state index in [1.165, 1.54) is 19.4 Å². The van der Waals surface area contributed by atoms with Gasteiger partial charge >= 0.3 is 0 Å². The average molecular weight is 245 g/mol. The van der Waals surface area contributed by atoms with Crippen LogP contribution < -0.4 is 5.32 Å². The van der Waals surface area contributed by atoms with Crippen molar-refractivity contribution in [3.63, 3.8) is 0 Å². The average Bonchev–Trinajstić information content (AvgIpc) is 3.15. The van der Waals surface area contributed by atoms with Crippen LogP contribution in [0.1, 0.15) is 45.1 Å². The Kier molecular flexibility index (Phi) is 4.82. The molecule has 1 saturated carbocycles. The minimum Gasteiger partial charge on any atom is -0.316 e. The molecule has 0 radical (unpaired) electrons. The van der Waals surface area contributed by atoms with E-state index in [1.807, 2.05) is 0 Å². The summed E-state index contributed by atoms with van der Waals surface area (Å²) in [5.41, 5.74) is 1.55. The van der Waals surface area contributed by atoms with Gasteiger partial charge in [0.05, 0.1) is 0 Å². The van der Waals surface area contributed by atoms with Gasteiger partial charge in [0.25, 0.3) is 0 Å². The molecule has 1 nitrogen and oxygen atoms in total. The maximum Gasteiger partial charge on any atom is -0.00152 e. The zero-order chi connectivity index (χ0) is 13.0. The van der Waals surface area contributed by atoms with Gasteiger partial charge in [-0.1, -0.05) is 51.1 Å². The molecule has 3 atom stereocenters. The first kappa shape index (κ1) is 13.6. The summed E-state index contributed by atoms with van der Waals surface area (Å²) in [6.07, 6.45) is 2.62. The third kappa shape index (κ3) is 3.35. The first-order valence-electron chi connectivity index (χ1n) is 7.49. The second-order valence-corrected chi connectivity index (χ2v) is 6.03. The minimum atomic E-state index is 0.785. The zero-order valence-electron chi connectivity index (χ0n) is 12.0. The van der Waals surface area contributed by atoms with Crippen molar-refractivity contribution in [2.75, 3.05) is 13.1 Å². The predicted molar refractivity (Wildman–Crippen MR) is 78.8 cm³/mol. The molecule has 18 heavy (non-hydrogen) atoms. The van der Waals surface area contributed by atoms with E-state index in [0.717, 1.165) is 30.2 Å². The molecule has 0 spiro atoms. The van der Waals surface area contributed by atoms with Gasteiger partial charge in [-0.15, -0.1) is 0 Å². The van der Waals surface area contributed by atoms with Crippen molar-refractivity contribution in [1.29, 1.82) is 0 Å². The largest absolute Gasteiger partial charge is 0.316 e. The van der Waals surface area contributed by atoms with Crippen LogP contribution in [0.5, 0.6) is 0 Å². The van der Waals surface area contributed by atoms with E-state index in [0.29, 0.717) is 0 Å². The molecule has 0 heterocycles. The molecule has 0 aromatic heterocycles. The summed E-state index contributed by atoms with van der Waals surface area (Å²) < 4.78 is 0. The van der Waals surface area contributed by atoms with Crippen molar-refractivity contribution in [3.8, 4) is 0 Å². The SMILES string of the molecule is CCCNCC(C(C)C)C1CC1c1ccccc1. The van der Waals surface area contributed by atoms with Crippen LogP contribution in [-0.2, 0) is 0 Å². The fraction of sp³-hybridized carbons (Fsp3) is 0.647. The lowest BCUT2D eigenvalue weighted by Gasteiger charge is -2.21. The molecule has 1 aromatic carbocycles. The first-order valence-corrected chi connectivity index (χ1v) is 7.49. The van der Waals surface area contributed by atoms with Crippen molar-refractivity contribution < 1.29 is 0 Å². The van der Waals surface area contributed by atoms with Gasteiger partial charge in [0.15, 0.2) is 0 Å². The quantitative estimate of drug-likeness (QED) is 0.714. The highest BCUT2D eigenvalue weighted by molar-refractivity contribution is 5.26. The van der Waals surface area contributed by atoms with Crippen LogP contribution in [0.4, 0.5) is 0 Å². The van der Waals surface area contributed by atoms with Gasteiger partial charge in [-0.05, 0) is 55.2 Å². The van der Waals surface area contributed by atoms with Gasteiger partial charge in [0.2, 0.25) is 0 Å². The molecular weight excluding hydrogens is 218 g/mol. The van der Waals surface area contributed by atoms with Crippen molar-refractivity contribution in [1.82, 2.24) is 5.32 Å². The van der Waals surface area contributed by atoms with E-state index in [4.69, 9.17) is 0 Å². The summed E-state index contributed by atoms with van der Waals surface area (Å²) in [6, 6.07) is 11.0. The number of rotatable bonds is 7. The van der Waals surface area contributed by atoms with E-state index < -0.39 is 0 Å². The number of hydrogen-bond acceptors (Lipinski definition) is 1. The lowest BCUT2D eigenvalue weighted by atomic mass is 9.88. The van der Waals surface area contributed by atoms with Crippen molar-refractivity contribution >= 4 is 0 Å². The van der Waals surface area contributed by atoms with E-state index >= 15 is 0 Å². The van der Waals surface area contributed by atoms with Crippen molar-refractivity contribution in [2.45, 2.75) is 39.5 Å². The van der Waals surface area contributed by atoms with Crippen molar-refractivity contribution in [3.05, 3.63) is 35.9 Å². The smallest absolute Gasteiger partial charge is 0.00152 e.